The van der Waals surface area contributed by atoms with E-state index in [1.54, 1.807) is 7.11 Å². The second kappa shape index (κ2) is 7.76. The Kier molecular flexibility index (Phi) is 6.21. The molecule has 1 N–H and O–H groups in total. The summed E-state index contributed by atoms with van der Waals surface area (Å²) < 4.78 is 5.14. The Morgan fingerprint density at radius 1 is 1.35 bits per heavy atom. The first-order valence-corrected chi connectivity index (χ1v) is 6.10. The van der Waals surface area contributed by atoms with Gasteiger partial charge in [-0.05, 0) is 37.1 Å². The average molecular weight is 231 g/mol. The molecular weight excluding hydrogens is 210 g/mol. The van der Waals surface area contributed by atoms with Crippen LogP contribution in [0.4, 0.5) is 0 Å². The largest absolute Gasteiger partial charge is 0.497 e. The highest BCUT2D eigenvalue weighted by atomic mass is 16.5. The zero-order valence-electron chi connectivity index (χ0n) is 10.7. The molecule has 92 valence electrons. The van der Waals surface area contributed by atoms with E-state index in [0.717, 1.165) is 31.6 Å². The van der Waals surface area contributed by atoms with Crippen molar-refractivity contribution in [3.8, 4) is 18.1 Å². The van der Waals surface area contributed by atoms with Crippen LogP contribution in [0.1, 0.15) is 25.3 Å². The van der Waals surface area contributed by atoms with Gasteiger partial charge in [-0.2, -0.15) is 0 Å². The molecule has 0 amide bonds. The summed E-state index contributed by atoms with van der Waals surface area (Å²) in [7, 11) is 1.68. The number of terminal acetylenes is 1. The maximum Gasteiger partial charge on any atom is 0.118 e. The van der Waals surface area contributed by atoms with Crippen molar-refractivity contribution < 1.29 is 4.74 Å². The van der Waals surface area contributed by atoms with Gasteiger partial charge in [-0.15, -0.1) is 12.3 Å². The highest BCUT2D eigenvalue weighted by Gasteiger charge is 2.07. The van der Waals surface area contributed by atoms with E-state index in [-0.39, 0.29) is 0 Å². The van der Waals surface area contributed by atoms with Crippen molar-refractivity contribution in [3.05, 3.63) is 29.8 Å². The first-order valence-electron chi connectivity index (χ1n) is 6.10. The Morgan fingerprint density at radius 3 is 2.59 bits per heavy atom. The number of hydrogen-bond acceptors (Lipinski definition) is 2. The molecule has 0 heterocycles. The van der Waals surface area contributed by atoms with E-state index in [2.05, 4.69) is 30.3 Å². The second-order valence-electron chi connectivity index (χ2n) is 4.11. The molecule has 0 radical (unpaired) electrons. The molecule has 1 rings (SSSR count). The Labute approximate surface area is 104 Å². The van der Waals surface area contributed by atoms with Crippen molar-refractivity contribution >= 4 is 0 Å². The fourth-order valence-electron chi connectivity index (χ4n) is 1.75. The molecule has 0 saturated heterocycles. The van der Waals surface area contributed by atoms with Crippen LogP contribution in [0.3, 0.4) is 0 Å². The summed E-state index contributed by atoms with van der Waals surface area (Å²) in [6.07, 6.45) is 8.26. The van der Waals surface area contributed by atoms with E-state index in [9.17, 15) is 0 Å². The van der Waals surface area contributed by atoms with E-state index < -0.39 is 0 Å². The van der Waals surface area contributed by atoms with Crippen molar-refractivity contribution in [2.75, 3.05) is 13.7 Å². The number of nitrogens with one attached hydrogen (secondary N) is 1. The molecule has 0 aromatic heterocycles. The summed E-state index contributed by atoms with van der Waals surface area (Å²) in [6, 6.07) is 8.53. The van der Waals surface area contributed by atoms with Crippen molar-refractivity contribution in [2.24, 2.45) is 0 Å². The van der Waals surface area contributed by atoms with Gasteiger partial charge in [-0.3, -0.25) is 0 Å². The van der Waals surface area contributed by atoms with Crippen LogP contribution in [0.15, 0.2) is 24.3 Å². The summed E-state index contributed by atoms with van der Waals surface area (Å²) in [6.45, 7) is 3.18. The molecular formula is C15H21NO. The van der Waals surface area contributed by atoms with Crippen LogP contribution in [0.25, 0.3) is 0 Å². The molecule has 2 heteroatoms. The predicted molar refractivity (Wildman–Crippen MR) is 72.2 cm³/mol. The zero-order valence-corrected chi connectivity index (χ0v) is 10.7. The van der Waals surface area contributed by atoms with Gasteiger partial charge in [-0.1, -0.05) is 19.1 Å². The van der Waals surface area contributed by atoms with E-state index in [0.29, 0.717) is 6.04 Å². The third-order valence-electron chi connectivity index (χ3n) is 2.69. The summed E-state index contributed by atoms with van der Waals surface area (Å²) >= 11 is 0. The predicted octanol–water partition coefficient (Wildman–Crippen LogP) is 2.63. The van der Waals surface area contributed by atoms with E-state index in [4.69, 9.17) is 11.2 Å². The lowest BCUT2D eigenvalue weighted by Gasteiger charge is -2.16. The minimum absolute atomic E-state index is 0.369. The zero-order chi connectivity index (χ0) is 12.5. The normalized spacial score (nSPS) is 11.8. The third kappa shape index (κ3) is 4.93. The molecule has 0 aliphatic rings. The van der Waals surface area contributed by atoms with Crippen molar-refractivity contribution in [2.45, 2.75) is 32.2 Å². The van der Waals surface area contributed by atoms with Gasteiger partial charge in [0.15, 0.2) is 0 Å². The van der Waals surface area contributed by atoms with Crippen LogP contribution >= 0.6 is 0 Å². The lowest BCUT2D eigenvalue weighted by Crippen LogP contribution is -2.31. The monoisotopic (exact) mass is 231 g/mol. The van der Waals surface area contributed by atoms with Gasteiger partial charge in [0.1, 0.15) is 5.75 Å². The second-order valence-corrected chi connectivity index (χ2v) is 4.11. The number of rotatable bonds is 7. The topological polar surface area (TPSA) is 21.3 Å². The van der Waals surface area contributed by atoms with Gasteiger partial charge in [0.05, 0.1) is 7.11 Å². The number of benzene rings is 1. The van der Waals surface area contributed by atoms with Gasteiger partial charge < -0.3 is 10.1 Å². The van der Waals surface area contributed by atoms with E-state index in [1.165, 1.54) is 5.56 Å². The fourth-order valence-corrected chi connectivity index (χ4v) is 1.75. The molecule has 1 unspecified atom stereocenters. The third-order valence-corrected chi connectivity index (χ3v) is 2.69. The van der Waals surface area contributed by atoms with Crippen molar-refractivity contribution in [3.63, 3.8) is 0 Å². The average Bonchev–Trinajstić information content (AvgIpc) is 2.37. The van der Waals surface area contributed by atoms with Gasteiger partial charge in [0, 0.05) is 12.5 Å². The summed E-state index contributed by atoms with van der Waals surface area (Å²) in [5, 5.41) is 3.47. The lowest BCUT2D eigenvalue weighted by atomic mass is 10.0. The molecule has 1 aromatic carbocycles. The maximum atomic E-state index is 5.39. The molecule has 0 fully saturated rings. The minimum Gasteiger partial charge on any atom is -0.497 e. The van der Waals surface area contributed by atoms with Crippen LogP contribution in [-0.2, 0) is 6.42 Å². The highest BCUT2D eigenvalue weighted by Crippen LogP contribution is 2.13. The molecule has 1 atom stereocenters. The number of hydrogen-bond donors (Lipinski definition) is 1. The van der Waals surface area contributed by atoms with Crippen LogP contribution < -0.4 is 10.1 Å². The molecule has 0 bridgehead atoms. The Balaban J connectivity index is 2.55. The van der Waals surface area contributed by atoms with E-state index in [1.807, 2.05) is 12.1 Å². The summed E-state index contributed by atoms with van der Waals surface area (Å²) in [4.78, 5) is 0. The molecule has 1 aromatic rings. The van der Waals surface area contributed by atoms with Crippen molar-refractivity contribution in [1.82, 2.24) is 5.32 Å². The molecule has 2 nitrogen and oxygen atoms in total. The van der Waals surface area contributed by atoms with Gasteiger partial charge >= 0.3 is 0 Å². The number of ether oxygens (including phenoxy) is 1. The molecule has 0 aliphatic carbocycles. The standard InChI is InChI=1S/C15H21NO/c1-4-6-14(16-11-5-2)12-13-7-9-15(17-3)10-8-13/h1,7-10,14,16H,5-6,11-12H2,2-3H3. The van der Waals surface area contributed by atoms with Gasteiger partial charge in [0.25, 0.3) is 0 Å². The lowest BCUT2D eigenvalue weighted by molar-refractivity contribution is 0.414. The Hall–Kier alpha value is -1.46. The molecule has 0 saturated carbocycles. The molecule has 0 spiro atoms. The van der Waals surface area contributed by atoms with Gasteiger partial charge in [-0.25, -0.2) is 0 Å². The van der Waals surface area contributed by atoms with Crippen LogP contribution in [0, 0.1) is 12.3 Å². The quantitative estimate of drug-likeness (QED) is 0.728. The molecule has 0 aliphatic heterocycles. The summed E-state index contributed by atoms with van der Waals surface area (Å²) in [5.74, 6) is 3.62. The Bertz CT molecular complexity index is 350. The van der Waals surface area contributed by atoms with E-state index >= 15 is 0 Å². The Morgan fingerprint density at radius 2 is 2.06 bits per heavy atom. The first kappa shape index (κ1) is 13.6. The van der Waals surface area contributed by atoms with Crippen molar-refractivity contribution in [1.29, 1.82) is 0 Å². The van der Waals surface area contributed by atoms with Crippen LogP contribution in [0.5, 0.6) is 5.75 Å². The smallest absolute Gasteiger partial charge is 0.118 e. The minimum atomic E-state index is 0.369. The van der Waals surface area contributed by atoms with Crippen LogP contribution in [0.2, 0.25) is 0 Å². The van der Waals surface area contributed by atoms with Crippen LogP contribution in [-0.4, -0.2) is 19.7 Å². The maximum absolute atomic E-state index is 5.39. The first-order chi connectivity index (χ1) is 8.30. The molecule has 17 heavy (non-hydrogen) atoms. The SMILES string of the molecule is C#CCC(Cc1ccc(OC)cc1)NCCC. The fraction of sp³-hybridized carbons (Fsp3) is 0.467. The van der Waals surface area contributed by atoms with Gasteiger partial charge in [0.2, 0.25) is 0 Å². The summed E-state index contributed by atoms with van der Waals surface area (Å²) in [5.41, 5.74) is 1.29. The number of methoxy groups -OCH3 is 1. The highest BCUT2D eigenvalue weighted by molar-refractivity contribution is 5.27.